The van der Waals surface area contributed by atoms with Gasteiger partial charge in [0.1, 0.15) is 23.2 Å². The second-order valence-electron chi connectivity index (χ2n) is 6.73. The van der Waals surface area contributed by atoms with E-state index in [-0.39, 0.29) is 5.91 Å². The second-order valence-corrected chi connectivity index (χ2v) is 6.73. The first-order valence-electron chi connectivity index (χ1n) is 8.66. The van der Waals surface area contributed by atoms with Crippen molar-refractivity contribution >= 4 is 11.7 Å². The number of piperidine rings is 1. The monoisotopic (exact) mass is 346 g/mol. The number of nitrogen functional groups attached to an aromatic ring is 1. The van der Waals surface area contributed by atoms with Gasteiger partial charge in [-0.15, -0.1) is 10.2 Å². The van der Waals surface area contributed by atoms with Crippen molar-refractivity contribution < 1.29 is 4.79 Å². The summed E-state index contributed by atoms with van der Waals surface area (Å²) in [5, 5.41) is 15.3. The average Bonchev–Trinajstić information content (AvgIpc) is 3.20. The van der Waals surface area contributed by atoms with Gasteiger partial charge in [-0.3, -0.25) is 9.89 Å². The largest absolute Gasteiger partial charge is 0.382 e. The maximum Gasteiger partial charge on any atom is 0.271 e. The van der Waals surface area contributed by atoms with E-state index in [9.17, 15) is 4.79 Å². The Balaban J connectivity index is 1.66. The fraction of sp³-hybridized carbons (Fsp3) is 0.625. The van der Waals surface area contributed by atoms with Crippen molar-refractivity contribution in [3.63, 3.8) is 0 Å². The maximum atomic E-state index is 12.5. The lowest BCUT2D eigenvalue weighted by Gasteiger charge is -2.31. The molecule has 9 heteroatoms. The van der Waals surface area contributed by atoms with Crippen molar-refractivity contribution in [2.24, 2.45) is 0 Å². The second kappa shape index (κ2) is 7.22. The molecule has 0 aromatic carbocycles. The third kappa shape index (κ3) is 3.65. The zero-order valence-corrected chi connectivity index (χ0v) is 15.1. The van der Waals surface area contributed by atoms with Gasteiger partial charge in [0.2, 0.25) is 0 Å². The first-order chi connectivity index (χ1) is 12.0. The van der Waals surface area contributed by atoms with E-state index in [4.69, 9.17) is 5.73 Å². The summed E-state index contributed by atoms with van der Waals surface area (Å²) in [6, 6.07) is 1.58. The highest BCUT2D eigenvalue weighted by Crippen LogP contribution is 2.28. The van der Waals surface area contributed by atoms with Gasteiger partial charge in [0, 0.05) is 31.6 Å². The van der Waals surface area contributed by atoms with Crippen LogP contribution in [0, 0.1) is 0 Å². The van der Waals surface area contributed by atoms with Crippen molar-refractivity contribution in [1.29, 1.82) is 0 Å². The molecule has 0 unspecified atom stereocenters. The number of aromatic amines is 1. The molecule has 2 aromatic heterocycles. The molecule has 3 heterocycles. The van der Waals surface area contributed by atoms with Crippen LogP contribution in [0.1, 0.15) is 47.8 Å². The molecule has 0 atom stereocenters. The van der Waals surface area contributed by atoms with Crippen molar-refractivity contribution in [3.05, 3.63) is 23.4 Å². The lowest BCUT2D eigenvalue weighted by molar-refractivity contribution is 0.0704. The minimum absolute atomic E-state index is 0.0482. The quantitative estimate of drug-likeness (QED) is 0.824. The smallest absolute Gasteiger partial charge is 0.271 e. The van der Waals surface area contributed by atoms with Gasteiger partial charge < -0.3 is 20.1 Å². The minimum Gasteiger partial charge on any atom is -0.382 e. The number of nitrogens with one attached hydrogen (secondary N) is 1. The third-order valence-electron chi connectivity index (χ3n) is 4.61. The van der Waals surface area contributed by atoms with Crippen LogP contribution < -0.4 is 5.73 Å². The van der Waals surface area contributed by atoms with Gasteiger partial charge in [0.25, 0.3) is 5.91 Å². The molecule has 3 N–H and O–H groups in total. The van der Waals surface area contributed by atoms with Crippen LogP contribution in [-0.2, 0) is 13.1 Å². The van der Waals surface area contributed by atoms with Gasteiger partial charge in [0.05, 0.1) is 6.54 Å². The molecule has 0 bridgehead atoms. The summed E-state index contributed by atoms with van der Waals surface area (Å²) in [7, 11) is 4.06. The van der Waals surface area contributed by atoms with Crippen LogP contribution in [0.2, 0.25) is 0 Å². The zero-order valence-electron chi connectivity index (χ0n) is 15.1. The number of carbonyl (C=O) groups excluding carboxylic acids is 1. The number of hydrogen-bond acceptors (Lipinski definition) is 6. The summed E-state index contributed by atoms with van der Waals surface area (Å²) in [4.78, 5) is 16.4. The number of carbonyl (C=O) groups is 1. The summed E-state index contributed by atoms with van der Waals surface area (Å²) >= 11 is 0. The van der Waals surface area contributed by atoms with E-state index >= 15 is 0 Å². The fourth-order valence-corrected chi connectivity index (χ4v) is 3.35. The lowest BCUT2D eigenvalue weighted by Crippen LogP contribution is -2.38. The highest BCUT2D eigenvalue weighted by Gasteiger charge is 2.28. The molecular formula is C16H26N8O. The normalized spacial score (nSPS) is 15.9. The SMILES string of the molecule is CCn1c(CN(C)C)nnc1C1CCN(C(=O)c2cc(N)n[nH]2)CC1. The lowest BCUT2D eigenvalue weighted by atomic mass is 9.95. The van der Waals surface area contributed by atoms with Crippen LogP contribution in [0.3, 0.4) is 0 Å². The molecule has 0 spiro atoms. The first kappa shape index (κ1) is 17.4. The first-order valence-corrected chi connectivity index (χ1v) is 8.66. The number of anilines is 1. The Kier molecular flexibility index (Phi) is 5.03. The van der Waals surface area contributed by atoms with E-state index in [2.05, 4.69) is 36.8 Å². The number of nitrogens with zero attached hydrogens (tertiary/aromatic N) is 6. The molecular weight excluding hydrogens is 320 g/mol. The van der Waals surface area contributed by atoms with Crippen LogP contribution in [0.15, 0.2) is 6.07 Å². The molecule has 1 aliphatic heterocycles. The van der Waals surface area contributed by atoms with Gasteiger partial charge in [-0.1, -0.05) is 0 Å². The number of aromatic nitrogens is 5. The Labute approximate surface area is 147 Å². The Morgan fingerprint density at radius 3 is 2.64 bits per heavy atom. The number of likely N-dealkylation sites (tertiary alicyclic amines) is 1. The van der Waals surface area contributed by atoms with Gasteiger partial charge >= 0.3 is 0 Å². The van der Waals surface area contributed by atoms with Crippen LogP contribution in [0.5, 0.6) is 0 Å². The Bertz CT molecular complexity index is 726. The maximum absolute atomic E-state index is 12.5. The van der Waals surface area contributed by atoms with E-state index in [0.29, 0.717) is 30.5 Å². The molecule has 9 nitrogen and oxygen atoms in total. The van der Waals surface area contributed by atoms with Crippen LogP contribution >= 0.6 is 0 Å². The molecule has 136 valence electrons. The standard InChI is InChI=1S/C16H26N8O/c1-4-24-14(10-22(2)3)20-21-15(24)11-5-7-23(8-6-11)16(25)12-9-13(17)19-18-12/h9,11H,4-8,10H2,1-3H3,(H3,17,18,19). The van der Waals surface area contributed by atoms with E-state index < -0.39 is 0 Å². The van der Waals surface area contributed by atoms with Crippen molar-refractivity contribution in [3.8, 4) is 0 Å². The molecule has 25 heavy (non-hydrogen) atoms. The molecule has 2 aromatic rings. The zero-order chi connectivity index (χ0) is 18.0. The van der Waals surface area contributed by atoms with Crippen LogP contribution in [-0.4, -0.2) is 67.9 Å². The number of H-pyrrole nitrogens is 1. The third-order valence-corrected chi connectivity index (χ3v) is 4.61. The summed E-state index contributed by atoms with van der Waals surface area (Å²) in [6.45, 7) is 5.15. The van der Waals surface area contributed by atoms with Crippen molar-refractivity contribution in [1.82, 2.24) is 34.8 Å². The average molecular weight is 346 g/mol. The molecule has 3 rings (SSSR count). The Hall–Kier alpha value is -2.42. The van der Waals surface area contributed by atoms with Gasteiger partial charge in [-0.2, -0.15) is 5.10 Å². The van der Waals surface area contributed by atoms with E-state index in [1.54, 1.807) is 6.07 Å². The number of nitrogens with two attached hydrogens (primary N) is 1. The van der Waals surface area contributed by atoms with E-state index in [1.807, 2.05) is 19.0 Å². The minimum atomic E-state index is -0.0482. The molecule has 1 saturated heterocycles. The predicted molar refractivity (Wildman–Crippen MR) is 94.0 cm³/mol. The summed E-state index contributed by atoms with van der Waals surface area (Å²) in [5.41, 5.74) is 6.02. The summed E-state index contributed by atoms with van der Waals surface area (Å²) in [5.74, 6) is 2.65. The highest BCUT2D eigenvalue weighted by atomic mass is 16.2. The fourth-order valence-electron chi connectivity index (χ4n) is 3.35. The summed E-state index contributed by atoms with van der Waals surface area (Å²) < 4.78 is 2.21. The number of hydrogen-bond donors (Lipinski definition) is 2. The predicted octanol–water partition coefficient (Wildman–Crippen LogP) is 0.685. The molecule has 0 aliphatic carbocycles. The van der Waals surface area contributed by atoms with Gasteiger partial charge in [0.15, 0.2) is 0 Å². The van der Waals surface area contributed by atoms with Crippen molar-refractivity contribution in [2.45, 2.75) is 38.8 Å². The van der Waals surface area contributed by atoms with Gasteiger partial charge in [-0.25, -0.2) is 0 Å². The number of amides is 1. The Morgan fingerprint density at radius 2 is 2.08 bits per heavy atom. The van der Waals surface area contributed by atoms with Crippen LogP contribution in [0.25, 0.3) is 0 Å². The van der Waals surface area contributed by atoms with Crippen molar-refractivity contribution in [2.75, 3.05) is 32.9 Å². The van der Waals surface area contributed by atoms with E-state index in [0.717, 1.165) is 37.6 Å². The molecule has 1 fully saturated rings. The molecule has 0 saturated carbocycles. The topological polar surface area (TPSA) is 109 Å². The van der Waals surface area contributed by atoms with E-state index in [1.165, 1.54) is 0 Å². The molecule has 1 aliphatic rings. The summed E-state index contributed by atoms with van der Waals surface area (Å²) in [6.07, 6.45) is 1.77. The van der Waals surface area contributed by atoms with Crippen LogP contribution in [0.4, 0.5) is 5.82 Å². The highest BCUT2D eigenvalue weighted by molar-refractivity contribution is 5.93. The Morgan fingerprint density at radius 1 is 1.36 bits per heavy atom. The molecule has 1 amide bonds. The molecule has 0 radical (unpaired) electrons. The van der Waals surface area contributed by atoms with Gasteiger partial charge in [-0.05, 0) is 33.9 Å². The number of rotatable bonds is 5.